The lowest BCUT2D eigenvalue weighted by molar-refractivity contribution is -0.127. The summed E-state index contributed by atoms with van der Waals surface area (Å²) in [6.07, 6.45) is 6.80. The van der Waals surface area contributed by atoms with Gasteiger partial charge in [-0.2, -0.15) is 0 Å². The molecule has 3 rings (SSSR count). The van der Waals surface area contributed by atoms with Gasteiger partial charge < -0.3 is 9.64 Å². The Hall–Kier alpha value is -2.07. The summed E-state index contributed by atoms with van der Waals surface area (Å²) in [6, 6.07) is 14.0. The van der Waals surface area contributed by atoms with Crippen molar-refractivity contribution < 1.29 is 9.53 Å². The van der Waals surface area contributed by atoms with E-state index in [1.807, 2.05) is 58.8 Å². The summed E-state index contributed by atoms with van der Waals surface area (Å²) in [4.78, 5) is 15.3. The Balaban J connectivity index is 1.37. The lowest BCUT2D eigenvalue weighted by atomic mass is 9.94. The first kappa shape index (κ1) is 16.8. The highest BCUT2D eigenvalue weighted by Gasteiger charge is 2.21. The molecule has 0 bridgehead atoms. The highest BCUT2D eigenvalue weighted by Crippen LogP contribution is 2.21. The molecule has 3 nitrogen and oxygen atoms in total. The van der Waals surface area contributed by atoms with Gasteiger partial charge in [0.2, 0.25) is 5.91 Å². The van der Waals surface area contributed by atoms with Crippen LogP contribution >= 0.6 is 11.3 Å². The van der Waals surface area contributed by atoms with E-state index in [0.717, 1.165) is 49.6 Å². The van der Waals surface area contributed by atoms with Crippen molar-refractivity contribution in [1.29, 1.82) is 0 Å². The molecule has 126 valence electrons. The van der Waals surface area contributed by atoms with Crippen LogP contribution in [-0.4, -0.2) is 30.5 Å². The highest BCUT2D eigenvalue weighted by molar-refractivity contribution is 7.10. The minimum absolute atomic E-state index is 0.127. The third-order valence-electron chi connectivity index (χ3n) is 4.40. The summed E-state index contributed by atoms with van der Waals surface area (Å²) in [5.74, 6) is 1.71. The zero-order chi connectivity index (χ0) is 16.6. The van der Waals surface area contributed by atoms with Crippen molar-refractivity contribution >= 4 is 23.3 Å². The van der Waals surface area contributed by atoms with Crippen molar-refractivity contribution in [2.45, 2.75) is 19.3 Å². The van der Waals surface area contributed by atoms with E-state index in [0.29, 0.717) is 5.92 Å². The summed E-state index contributed by atoms with van der Waals surface area (Å²) in [6.45, 7) is 2.45. The van der Waals surface area contributed by atoms with Gasteiger partial charge in [0, 0.05) is 24.0 Å². The van der Waals surface area contributed by atoms with E-state index in [-0.39, 0.29) is 5.91 Å². The molecule has 1 aromatic carbocycles. The number of ether oxygens (including phenoxy) is 1. The first-order valence-corrected chi connectivity index (χ1v) is 9.37. The average molecular weight is 341 g/mol. The van der Waals surface area contributed by atoms with Crippen LogP contribution in [-0.2, 0) is 4.79 Å². The fourth-order valence-corrected chi connectivity index (χ4v) is 3.57. The Kier molecular flexibility index (Phi) is 6.07. The molecule has 1 fully saturated rings. The lowest BCUT2D eigenvalue weighted by Crippen LogP contribution is -2.37. The van der Waals surface area contributed by atoms with Crippen molar-refractivity contribution in [3.63, 3.8) is 0 Å². The molecule has 1 saturated heterocycles. The number of hydrogen-bond acceptors (Lipinski definition) is 3. The molecule has 0 radical (unpaired) electrons. The Bertz CT molecular complexity index is 644. The molecule has 1 aliphatic heterocycles. The van der Waals surface area contributed by atoms with Gasteiger partial charge in [-0.3, -0.25) is 4.79 Å². The molecule has 0 N–H and O–H groups in total. The van der Waals surface area contributed by atoms with Gasteiger partial charge in [0.25, 0.3) is 0 Å². The molecule has 1 amide bonds. The third kappa shape index (κ3) is 4.96. The summed E-state index contributed by atoms with van der Waals surface area (Å²) in [5.41, 5.74) is 0. The van der Waals surface area contributed by atoms with Crippen LogP contribution in [0.4, 0.5) is 0 Å². The maximum atomic E-state index is 12.2. The molecule has 24 heavy (non-hydrogen) atoms. The van der Waals surface area contributed by atoms with Crippen LogP contribution < -0.4 is 4.74 Å². The minimum atomic E-state index is 0.127. The maximum Gasteiger partial charge on any atom is 0.246 e. The smallest absolute Gasteiger partial charge is 0.246 e. The van der Waals surface area contributed by atoms with Crippen molar-refractivity contribution in [3.8, 4) is 5.75 Å². The number of piperidine rings is 1. The number of rotatable bonds is 6. The van der Waals surface area contributed by atoms with E-state index in [2.05, 4.69) is 0 Å². The SMILES string of the molecule is O=C(C=Cc1cccs1)N1CCC(CCOc2ccccc2)CC1. The standard InChI is InChI=1S/C20H23NO2S/c22-20(9-8-19-7-4-16-24-19)21-13-10-17(11-14-21)12-15-23-18-5-2-1-3-6-18/h1-9,16-17H,10-15H2. The monoisotopic (exact) mass is 341 g/mol. The van der Waals surface area contributed by atoms with E-state index in [9.17, 15) is 4.79 Å². The van der Waals surface area contributed by atoms with Gasteiger partial charge in [-0.15, -0.1) is 11.3 Å². The number of carbonyl (C=O) groups excluding carboxylic acids is 1. The van der Waals surface area contributed by atoms with Crippen LogP contribution in [0.5, 0.6) is 5.75 Å². The van der Waals surface area contributed by atoms with E-state index in [1.54, 1.807) is 17.4 Å². The van der Waals surface area contributed by atoms with Gasteiger partial charge in [-0.05, 0) is 54.8 Å². The van der Waals surface area contributed by atoms with Crippen LogP contribution in [0.25, 0.3) is 6.08 Å². The molecule has 0 atom stereocenters. The molecule has 2 aromatic rings. The van der Waals surface area contributed by atoms with Gasteiger partial charge >= 0.3 is 0 Å². The normalized spacial score (nSPS) is 15.8. The quantitative estimate of drug-likeness (QED) is 0.726. The van der Waals surface area contributed by atoms with Gasteiger partial charge in [0.15, 0.2) is 0 Å². The number of nitrogens with zero attached hydrogens (tertiary/aromatic N) is 1. The average Bonchev–Trinajstić information content (AvgIpc) is 3.15. The van der Waals surface area contributed by atoms with Crippen LogP contribution in [0.15, 0.2) is 53.9 Å². The molecule has 0 spiro atoms. The van der Waals surface area contributed by atoms with Gasteiger partial charge in [-0.25, -0.2) is 0 Å². The van der Waals surface area contributed by atoms with Gasteiger partial charge in [-0.1, -0.05) is 24.3 Å². The number of carbonyl (C=O) groups is 1. The first-order chi connectivity index (χ1) is 11.8. The molecular formula is C20H23NO2S. The molecule has 4 heteroatoms. The Morgan fingerprint density at radius 1 is 1.17 bits per heavy atom. The van der Waals surface area contributed by atoms with Crippen molar-refractivity contribution in [3.05, 3.63) is 58.8 Å². The maximum absolute atomic E-state index is 12.2. The first-order valence-electron chi connectivity index (χ1n) is 8.49. The number of hydrogen-bond donors (Lipinski definition) is 0. The largest absolute Gasteiger partial charge is 0.494 e. The Morgan fingerprint density at radius 2 is 1.96 bits per heavy atom. The summed E-state index contributed by atoms with van der Waals surface area (Å²) in [7, 11) is 0. The third-order valence-corrected chi connectivity index (χ3v) is 5.24. The van der Waals surface area contributed by atoms with E-state index < -0.39 is 0 Å². The molecule has 0 unspecified atom stereocenters. The number of likely N-dealkylation sites (tertiary alicyclic amines) is 1. The van der Waals surface area contributed by atoms with E-state index >= 15 is 0 Å². The van der Waals surface area contributed by atoms with Crippen molar-refractivity contribution in [2.75, 3.05) is 19.7 Å². The Labute approximate surface area is 147 Å². The lowest BCUT2D eigenvalue weighted by Gasteiger charge is -2.31. The van der Waals surface area contributed by atoms with Crippen LogP contribution in [0.3, 0.4) is 0 Å². The molecular weight excluding hydrogens is 318 g/mol. The van der Waals surface area contributed by atoms with E-state index in [1.165, 1.54) is 0 Å². The number of thiophene rings is 1. The van der Waals surface area contributed by atoms with Crippen molar-refractivity contribution in [1.82, 2.24) is 4.90 Å². The van der Waals surface area contributed by atoms with Gasteiger partial charge in [0.1, 0.15) is 5.75 Å². The summed E-state index contributed by atoms with van der Waals surface area (Å²) < 4.78 is 5.77. The number of benzene rings is 1. The predicted octanol–water partition coefficient (Wildman–Crippen LogP) is 4.47. The van der Waals surface area contributed by atoms with Crippen LogP contribution in [0.2, 0.25) is 0 Å². The zero-order valence-corrected chi connectivity index (χ0v) is 14.6. The zero-order valence-electron chi connectivity index (χ0n) is 13.8. The number of para-hydroxylation sites is 1. The topological polar surface area (TPSA) is 29.5 Å². The minimum Gasteiger partial charge on any atom is -0.494 e. The highest BCUT2D eigenvalue weighted by atomic mass is 32.1. The Morgan fingerprint density at radius 3 is 2.67 bits per heavy atom. The molecule has 0 aliphatic carbocycles. The van der Waals surface area contributed by atoms with Crippen molar-refractivity contribution in [2.24, 2.45) is 5.92 Å². The van der Waals surface area contributed by atoms with E-state index in [4.69, 9.17) is 4.74 Å². The number of amides is 1. The predicted molar refractivity (Wildman–Crippen MR) is 99.2 cm³/mol. The van der Waals surface area contributed by atoms with Crippen LogP contribution in [0, 0.1) is 5.92 Å². The second-order valence-corrected chi connectivity index (χ2v) is 7.05. The fourth-order valence-electron chi connectivity index (χ4n) is 2.95. The second kappa shape index (κ2) is 8.69. The molecule has 2 heterocycles. The fraction of sp³-hybridized carbons (Fsp3) is 0.350. The second-order valence-electron chi connectivity index (χ2n) is 6.07. The molecule has 0 saturated carbocycles. The molecule has 1 aromatic heterocycles. The van der Waals surface area contributed by atoms with Gasteiger partial charge in [0.05, 0.1) is 6.61 Å². The summed E-state index contributed by atoms with van der Waals surface area (Å²) in [5, 5.41) is 2.02. The summed E-state index contributed by atoms with van der Waals surface area (Å²) >= 11 is 1.65. The van der Waals surface area contributed by atoms with Crippen LogP contribution in [0.1, 0.15) is 24.1 Å². The molecule has 1 aliphatic rings.